The van der Waals surface area contributed by atoms with E-state index >= 15 is 0 Å². The number of likely N-dealkylation sites (tertiary alicyclic amines) is 1. The molecule has 1 aliphatic rings. The molecule has 1 atom stereocenters. The van der Waals surface area contributed by atoms with Gasteiger partial charge in [-0.2, -0.15) is 0 Å². The number of sulfonamides is 1. The summed E-state index contributed by atoms with van der Waals surface area (Å²) in [5.74, 6) is 0.653. The highest BCUT2D eigenvalue weighted by Gasteiger charge is 2.25. The second kappa shape index (κ2) is 11.0. The molecule has 0 radical (unpaired) electrons. The maximum atomic E-state index is 12.2. The van der Waals surface area contributed by atoms with E-state index in [2.05, 4.69) is 20.3 Å². The summed E-state index contributed by atoms with van der Waals surface area (Å²) in [6.45, 7) is 6.31. The predicted molar refractivity (Wildman–Crippen MR) is 111 cm³/mol. The first kappa shape index (κ1) is 22.2. The number of hydrogen-bond acceptors (Lipinski definition) is 4. The van der Waals surface area contributed by atoms with Gasteiger partial charge >= 0.3 is 0 Å². The molecule has 9 heteroatoms. The lowest BCUT2D eigenvalue weighted by atomic mass is 10.2. The van der Waals surface area contributed by atoms with Gasteiger partial charge in [-0.3, -0.25) is 9.79 Å². The minimum Gasteiger partial charge on any atom is -0.357 e. The van der Waals surface area contributed by atoms with E-state index in [-0.39, 0.29) is 30.8 Å². The zero-order valence-electron chi connectivity index (χ0n) is 16.6. The van der Waals surface area contributed by atoms with Crippen LogP contribution in [0.3, 0.4) is 0 Å². The van der Waals surface area contributed by atoms with E-state index in [1.54, 1.807) is 0 Å². The van der Waals surface area contributed by atoms with Crippen molar-refractivity contribution in [2.75, 3.05) is 31.9 Å². The monoisotopic (exact) mass is 409 g/mol. The molecule has 3 N–H and O–H groups in total. The van der Waals surface area contributed by atoms with Crippen molar-refractivity contribution in [3.05, 3.63) is 35.9 Å². The zero-order valence-corrected chi connectivity index (χ0v) is 17.5. The molecule has 0 spiro atoms. The molecule has 0 bridgehead atoms. The first-order valence-electron chi connectivity index (χ1n) is 9.77. The zero-order chi connectivity index (χ0) is 20.4. The van der Waals surface area contributed by atoms with Crippen LogP contribution in [0.1, 0.15) is 32.3 Å². The van der Waals surface area contributed by atoms with Gasteiger partial charge in [0.2, 0.25) is 15.9 Å². The lowest BCUT2D eigenvalue weighted by molar-refractivity contribution is -0.129. The molecule has 1 unspecified atom stereocenters. The topological polar surface area (TPSA) is 103 Å². The molecule has 28 heavy (non-hydrogen) atoms. The van der Waals surface area contributed by atoms with Crippen molar-refractivity contribution in [2.24, 2.45) is 4.99 Å². The number of carbonyl (C=O) groups excluding carboxylic acids is 1. The Labute approximate surface area is 167 Å². The molecule has 1 aromatic rings. The summed E-state index contributed by atoms with van der Waals surface area (Å²) < 4.78 is 26.9. The predicted octanol–water partition coefficient (Wildman–Crippen LogP) is 0.672. The van der Waals surface area contributed by atoms with E-state index < -0.39 is 10.0 Å². The second-order valence-electron chi connectivity index (χ2n) is 6.71. The Bertz CT molecular complexity index is 752. The average molecular weight is 410 g/mol. The van der Waals surface area contributed by atoms with Crippen LogP contribution in [0.15, 0.2) is 35.3 Å². The molecule has 1 aromatic carbocycles. The smallest absolute Gasteiger partial charge is 0.222 e. The van der Waals surface area contributed by atoms with Gasteiger partial charge in [0.05, 0.1) is 12.3 Å². The van der Waals surface area contributed by atoms with Crippen molar-refractivity contribution in [2.45, 2.75) is 39.3 Å². The van der Waals surface area contributed by atoms with Crippen LogP contribution in [0.2, 0.25) is 0 Å². The van der Waals surface area contributed by atoms with Gasteiger partial charge in [-0.15, -0.1) is 0 Å². The summed E-state index contributed by atoms with van der Waals surface area (Å²) >= 11 is 0. The minimum absolute atomic E-state index is 0.0818. The molecule has 8 nitrogen and oxygen atoms in total. The first-order chi connectivity index (χ1) is 13.4. The maximum absolute atomic E-state index is 12.2. The van der Waals surface area contributed by atoms with Crippen LogP contribution < -0.4 is 15.4 Å². The maximum Gasteiger partial charge on any atom is 0.222 e. The van der Waals surface area contributed by atoms with E-state index in [4.69, 9.17) is 0 Å². The summed E-state index contributed by atoms with van der Waals surface area (Å²) in [4.78, 5) is 18.0. The number of nitrogens with zero attached hydrogens (tertiary/aromatic N) is 2. The highest BCUT2D eigenvalue weighted by molar-refractivity contribution is 7.89. The summed E-state index contributed by atoms with van der Waals surface area (Å²) in [5, 5.41) is 6.43. The Kier molecular flexibility index (Phi) is 8.72. The van der Waals surface area contributed by atoms with Crippen molar-refractivity contribution in [1.82, 2.24) is 20.3 Å². The Balaban J connectivity index is 1.82. The molecule has 0 saturated carbocycles. The minimum atomic E-state index is -3.41. The van der Waals surface area contributed by atoms with E-state index in [1.807, 2.05) is 49.1 Å². The summed E-state index contributed by atoms with van der Waals surface area (Å²) in [5.41, 5.74) is 0.914. The van der Waals surface area contributed by atoms with Crippen LogP contribution in [0.25, 0.3) is 0 Å². The number of rotatable bonds is 9. The summed E-state index contributed by atoms with van der Waals surface area (Å²) in [6, 6.07) is 9.52. The van der Waals surface area contributed by atoms with Gasteiger partial charge in [0, 0.05) is 38.6 Å². The molecule has 1 aliphatic heterocycles. The number of guanidine groups is 1. The fraction of sp³-hybridized carbons (Fsp3) is 0.579. The average Bonchev–Trinajstić information content (AvgIpc) is 3.15. The van der Waals surface area contributed by atoms with E-state index in [1.165, 1.54) is 0 Å². The number of benzene rings is 1. The third-order valence-electron chi connectivity index (χ3n) is 4.50. The standard InChI is InChI=1S/C19H31N5O3S/c1-3-18(25)24-12-10-17(15-24)23-19(20-4-2)21-11-13-28(26,27)22-14-16-8-6-5-7-9-16/h5-9,17,22H,3-4,10-15H2,1-2H3,(H2,20,21,23). The molecule has 1 amide bonds. The first-order valence-corrected chi connectivity index (χ1v) is 11.4. The fourth-order valence-corrected chi connectivity index (χ4v) is 3.84. The lowest BCUT2D eigenvalue weighted by Crippen LogP contribution is -2.45. The van der Waals surface area contributed by atoms with Crippen LogP contribution in [0.4, 0.5) is 0 Å². The molecule has 1 fully saturated rings. The Morgan fingerprint density at radius 2 is 2.00 bits per heavy atom. The van der Waals surface area contributed by atoms with Gasteiger partial charge < -0.3 is 15.5 Å². The van der Waals surface area contributed by atoms with Gasteiger partial charge in [-0.05, 0) is 18.9 Å². The van der Waals surface area contributed by atoms with Gasteiger partial charge in [0.15, 0.2) is 5.96 Å². The van der Waals surface area contributed by atoms with Gasteiger partial charge in [0.25, 0.3) is 0 Å². The Morgan fingerprint density at radius 1 is 1.25 bits per heavy atom. The number of carbonyl (C=O) groups is 1. The molecule has 1 heterocycles. The Hall–Kier alpha value is -2.13. The van der Waals surface area contributed by atoms with Crippen LogP contribution in [-0.2, 0) is 21.4 Å². The third kappa shape index (κ3) is 7.47. The van der Waals surface area contributed by atoms with Crippen LogP contribution in [0.5, 0.6) is 0 Å². The van der Waals surface area contributed by atoms with Crippen LogP contribution in [0, 0.1) is 0 Å². The fourth-order valence-electron chi connectivity index (χ4n) is 2.98. The number of amides is 1. The molecular weight excluding hydrogens is 378 g/mol. The highest BCUT2D eigenvalue weighted by Crippen LogP contribution is 2.10. The van der Waals surface area contributed by atoms with Gasteiger partial charge in [0.1, 0.15) is 0 Å². The molecule has 2 rings (SSSR count). The number of aliphatic imine (C=N–C) groups is 1. The van der Waals surface area contributed by atoms with Gasteiger partial charge in [-0.25, -0.2) is 13.1 Å². The lowest BCUT2D eigenvalue weighted by Gasteiger charge is -2.18. The van der Waals surface area contributed by atoms with Crippen molar-refractivity contribution in [3.8, 4) is 0 Å². The van der Waals surface area contributed by atoms with E-state index in [0.29, 0.717) is 25.5 Å². The molecule has 0 aliphatic carbocycles. The van der Waals surface area contributed by atoms with Crippen LogP contribution in [-0.4, -0.2) is 63.2 Å². The second-order valence-corrected chi connectivity index (χ2v) is 8.64. The molecule has 156 valence electrons. The normalized spacial score (nSPS) is 17.6. The largest absolute Gasteiger partial charge is 0.357 e. The third-order valence-corrected chi connectivity index (χ3v) is 5.80. The van der Waals surface area contributed by atoms with Crippen molar-refractivity contribution in [3.63, 3.8) is 0 Å². The number of nitrogens with one attached hydrogen (secondary N) is 3. The SMILES string of the molecule is CCNC(=NCCS(=O)(=O)NCc1ccccc1)NC1CCN(C(=O)CC)C1. The van der Waals surface area contributed by atoms with E-state index in [9.17, 15) is 13.2 Å². The van der Waals surface area contributed by atoms with Crippen molar-refractivity contribution < 1.29 is 13.2 Å². The van der Waals surface area contributed by atoms with Crippen molar-refractivity contribution in [1.29, 1.82) is 0 Å². The quantitative estimate of drug-likeness (QED) is 0.411. The molecular formula is C19H31N5O3S. The number of hydrogen-bond donors (Lipinski definition) is 3. The van der Waals surface area contributed by atoms with E-state index in [0.717, 1.165) is 18.5 Å². The molecule has 0 aromatic heterocycles. The van der Waals surface area contributed by atoms with Crippen LogP contribution >= 0.6 is 0 Å². The summed E-state index contributed by atoms with van der Waals surface area (Å²) in [6.07, 6.45) is 1.36. The van der Waals surface area contributed by atoms with Crippen molar-refractivity contribution >= 4 is 21.9 Å². The molecule has 1 saturated heterocycles. The Morgan fingerprint density at radius 3 is 2.68 bits per heavy atom. The van der Waals surface area contributed by atoms with Gasteiger partial charge in [-0.1, -0.05) is 37.3 Å². The highest BCUT2D eigenvalue weighted by atomic mass is 32.2. The summed E-state index contributed by atoms with van der Waals surface area (Å²) in [7, 11) is -3.41.